The summed E-state index contributed by atoms with van der Waals surface area (Å²) < 4.78 is 30.2. The SMILES string of the molecule is CCCOc1cccc(C(=O)N(CC(=O)O)C2CCN(S(C)(=O)=O)CC2)c1. The van der Waals surface area contributed by atoms with E-state index in [2.05, 4.69) is 0 Å². The molecular formula is C18H26N2O6S. The third kappa shape index (κ3) is 5.93. The van der Waals surface area contributed by atoms with Crippen molar-refractivity contribution in [2.24, 2.45) is 0 Å². The predicted octanol–water partition coefficient (Wildman–Crippen LogP) is 1.43. The minimum absolute atomic E-state index is 0.270. The first-order valence-electron chi connectivity index (χ1n) is 8.93. The van der Waals surface area contributed by atoms with Crippen LogP contribution in [0.1, 0.15) is 36.5 Å². The maximum Gasteiger partial charge on any atom is 0.323 e. The lowest BCUT2D eigenvalue weighted by Crippen LogP contribution is -2.50. The maximum absolute atomic E-state index is 13.0. The highest BCUT2D eigenvalue weighted by Gasteiger charge is 2.32. The number of carboxylic acids is 1. The van der Waals surface area contributed by atoms with Gasteiger partial charge in [-0.3, -0.25) is 9.59 Å². The van der Waals surface area contributed by atoms with Gasteiger partial charge in [0.05, 0.1) is 12.9 Å². The number of carbonyl (C=O) groups excluding carboxylic acids is 1. The van der Waals surface area contributed by atoms with E-state index in [9.17, 15) is 23.1 Å². The van der Waals surface area contributed by atoms with Gasteiger partial charge in [-0.15, -0.1) is 0 Å². The molecule has 9 heteroatoms. The minimum atomic E-state index is -3.29. The van der Waals surface area contributed by atoms with E-state index >= 15 is 0 Å². The smallest absolute Gasteiger partial charge is 0.323 e. The molecule has 0 spiro atoms. The molecule has 0 bridgehead atoms. The Bertz CT molecular complexity index is 772. The van der Waals surface area contributed by atoms with Gasteiger partial charge in [0.15, 0.2) is 0 Å². The van der Waals surface area contributed by atoms with Crippen LogP contribution in [0.25, 0.3) is 0 Å². The van der Waals surface area contributed by atoms with Crippen LogP contribution in [0.3, 0.4) is 0 Å². The van der Waals surface area contributed by atoms with E-state index < -0.39 is 28.4 Å². The Morgan fingerprint density at radius 3 is 2.52 bits per heavy atom. The molecule has 8 nitrogen and oxygen atoms in total. The molecule has 1 amide bonds. The Hall–Kier alpha value is -2.13. The quantitative estimate of drug-likeness (QED) is 0.710. The summed E-state index contributed by atoms with van der Waals surface area (Å²) >= 11 is 0. The van der Waals surface area contributed by atoms with Crippen molar-refractivity contribution in [2.75, 3.05) is 32.5 Å². The molecule has 0 unspecified atom stereocenters. The summed E-state index contributed by atoms with van der Waals surface area (Å²) in [7, 11) is -3.29. The zero-order valence-electron chi connectivity index (χ0n) is 15.6. The number of ether oxygens (including phenoxy) is 1. The molecule has 1 heterocycles. The first-order valence-corrected chi connectivity index (χ1v) is 10.8. The molecule has 0 radical (unpaired) electrons. The number of benzene rings is 1. The van der Waals surface area contributed by atoms with Crippen LogP contribution in [0.2, 0.25) is 0 Å². The zero-order valence-corrected chi connectivity index (χ0v) is 16.4. The van der Waals surface area contributed by atoms with Crippen molar-refractivity contribution in [1.82, 2.24) is 9.21 Å². The lowest BCUT2D eigenvalue weighted by Gasteiger charge is -2.37. The number of aliphatic carboxylic acids is 1. The highest BCUT2D eigenvalue weighted by Crippen LogP contribution is 2.22. The molecule has 2 rings (SSSR count). The second-order valence-electron chi connectivity index (χ2n) is 6.60. The van der Waals surface area contributed by atoms with Crippen LogP contribution in [-0.2, 0) is 14.8 Å². The highest BCUT2D eigenvalue weighted by molar-refractivity contribution is 7.88. The fourth-order valence-corrected chi connectivity index (χ4v) is 3.98. The normalized spacial score (nSPS) is 16.1. The molecule has 0 aromatic heterocycles. The average molecular weight is 398 g/mol. The van der Waals surface area contributed by atoms with Crippen LogP contribution in [0, 0.1) is 0 Å². The number of carbonyl (C=O) groups is 2. The van der Waals surface area contributed by atoms with E-state index in [1.165, 1.54) is 9.21 Å². The lowest BCUT2D eigenvalue weighted by atomic mass is 10.0. The first-order chi connectivity index (χ1) is 12.7. The van der Waals surface area contributed by atoms with E-state index in [4.69, 9.17) is 4.74 Å². The molecule has 0 atom stereocenters. The number of amides is 1. The average Bonchev–Trinajstić information content (AvgIpc) is 2.63. The van der Waals surface area contributed by atoms with Gasteiger partial charge < -0.3 is 14.7 Å². The Morgan fingerprint density at radius 2 is 1.96 bits per heavy atom. The van der Waals surface area contributed by atoms with Gasteiger partial charge in [0.25, 0.3) is 5.91 Å². The number of nitrogens with zero attached hydrogens (tertiary/aromatic N) is 2. The van der Waals surface area contributed by atoms with Crippen molar-refractivity contribution in [1.29, 1.82) is 0 Å². The summed E-state index contributed by atoms with van der Waals surface area (Å²) in [6, 6.07) is 6.36. The minimum Gasteiger partial charge on any atom is -0.494 e. The number of hydrogen-bond acceptors (Lipinski definition) is 5. The zero-order chi connectivity index (χ0) is 20.0. The van der Waals surface area contributed by atoms with Gasteiger partial charge in [0.2, 0.25) is 10.0 Å². The van der Waals surface area contributed by atoms with Gasteiger partial charge in [-0.05, 0) is 37.5 Å². The predicted molar refractivity (Wildman–Crippen MR) is 100 cm³/mol. The Labute approximate surface area is 159 Å². The van der Waals surface area contributed by atoms with Crippen LogP contribution >= 0.6 is 0 Å². The van der Waals surface area contributed by atoms with E-state index in [1.54, 1.807) is 24.3 Å². The van der Waals surface area contributed by atoms with Crippen molar-refractivity contribution >= 4 is 21.9 Å². The van der Waals surface area contributed by atoms with Crippen LogP contribution in [0.15, 0.2) is 24.3 Å². The maximum atomic E-state index is 13.0. The molecule has 0 aliphatic carbocycles. The highest BCUT2D eigenvalue weighted by atomic mass is 32.2. The molecule has 150 valence electrons. The summed E-state index contributed by atoms with van der Waals surface area (Å²) in [5.74, 6) is -0.936. The van der Waals surface area contributed by atoms with E-state index in [0.717, 1.165) is 12.7 Å². The summed E-state index contributed by atoms with van der Waals surface area (Å²) in [6.07, 6.45) is 2.79. The number of sulfonamides is 1. The fourth-order valence-electron chi connectivity index (χ4n) is 3.10. The fraction of sp³-hybridized carbons (Fsp3) is 0.556. The summed E-state index contributed by atoms with van der Waals surface area (Å²) in [4.78, 5) is 25.6. The Balaban J connectivity index is 2.16. The van der Waals surface area contributed by atoms with Crippen LogP contribution in [0.5, 0.6) is 5.75 Å². The van der Waals surface area contributed by atoms with Gasteiger partial charge in [0, 0.05) is 24.7 Å². The molecule has 0 saturated carbocycles. The van der Waals surface area contributed by atoms with Crippen LogP contribution in [0.4, 0.5) is 0 Å². The second kappa shape index (κ2) is 9.18. The van der Waals surface area contributed by atoms with E-state index in [-0.39, 0.29) is 19.1 Å². The molecule has 1 aromatic rings. The van der Waals surface area contributed by atoms with Gasteiger partial charge >= 0.3 is 5.97 Å². The Kier molecular flexibility index (Phi) is 7.20. The van der Waals surface area contributed by atoms with Gasteiger partial charge in [-0.2, -0.15) is 0 Å². The van der Waals surface area contributed by atoms with Crippen molar-refractivity contribution in [2.45, 2.75) is 32.2 Å². The third-order valence-corrected chi connectivity index (χ3v) is 5.76. The summed E-state index contributed by atoms with van der Waals surface area (Å²) in [5.41, 5.74) is 0.357. The molecule has 1 aliphatic rings. The number of rotatable bonds is 8. The van der Waals surface area contributed by atoms with Gasteiger partial charge in [0.1, 0.15) is 12.3 Å². The summed E-state index contributed by atoms with van der Waals surface area (Å²) in [6.45, 7) is 2.62. The summed E-state index contributed by atoms with van der Waals surface area (Å²) in [5, 5.41) is 9.24. The number of carboxylic acid groups (broad SMARTS) is 1. The molecular weight excluding hydrogens is 372 g/mol. The number of piperidine rings is 1. The van der Waals surface area contributed by atoms with Crippen LogP contribution < -0.4 is 4.74 Å². The van der Waals surface area contributed by atoms with E-state index in [1.807, 2.05) is 6.92 Å². The van der Waals surface area contributed by atoms with Crippen molar-refractivity contribution in [3.8, 4) is 5.75 Å². The molecule has 1 saturated heterocycles. The van der Waals surface area contributed by atoms with Gasteiger partial charge in [-0.1, -0.05) is 13.0 Å². The standard InChI is InChI=1S/C18H26N2O6S/c1-3-11-26-16-6-4-5-14(12-16)18(23)20(13-17(21)22)15-7-9-19(10-8-15)27(2,24)25/h4-6,12,15H,3,7-11,13H2,1-2H3,(H,21,22). The topological polar surface area (TPSA) is 104 Å². The van der Waals surface area contributed by atoms with Gasteiger partial charge in [-0.25, -0.2) is 12.7 Å². The monoisotopic (exact) mass is 398 g/mol. The molecule has 1 aromatic carbocycles. The largest absolute Gasteiger partial charge is 0.494 e. The molecule has 27 heavy (non-hydrogen) atoms. The molecule has 1 fully saturated rings. The Morgan fingerprint density at radius 1 is 1.30 bits per heavy atom. The number of hydrogen-bond donors (Lipinski definition) is 1. The van der Waals surface area contributed by atoms with Crippen molar-refractivity contribution < 1.29 is 27.9 Å². The van der Waals surface area contributed by atoms with E-state index in [0.29, 0.717) is 30.8 Å². The van der Waals surface area contributed by atoms with Crippen molar-refractivity contribution in [3.05, 3.63) is 29.8 Å². The lowest BCUT2D eigenvalue weighted by molar-refractivity contribution is -0.138. The van der Waals surface area contributed by atoms with Crippen molar-refractivity contribution in [3.63, 3.8) is 0 Å². The first kappa shape index (κ1) is 21.2. The molecule has 1 N–H and O–H groups in total. The third-order valence-electron chi connectivity index (χ3n) is 4.45. The van der Waals surface area contributed by atoms with Crippen LogP contribution in [-0.4, -0.2) is 73.1 Å². The molecule has 1 aliphatic heterocycles. The second-order valence-corrected chi connectivity index (χ2v) is 8.58.